The Morgan fingerprint density at radius 1 is 1.50 bits per heavy atom. The minimum Gasteiger partial charge on any atom is -0.480 e. The van der Waals surface area contributed by atoms with E-state index in [0.717, 1.165) is 12.8 Å². The largest absolute Gasteiger partial charge is 0.480 e. The van der Waals surface area contributed by atoms with Crippen molar-refractivity contribution < 1.29 is 15.0 Å². The molecule has 70 valence electrons. The molecule has 0 bridgehead atoms. The molecule has 12 heavy (non-hydrogen) atoms. The zero-order chi connectivity index (χ0) is 8.97. The van der Waals surface area contributed by atoms with Gasteiger partial charge in [0, 0.05) is 19.2 Å². The number of carboxylic acid groups (broad SMARTS) is 1. The highest BCUT2D eigenvalue weighted by Gasteiger charge is 2.29. The Hall–Kier alpha value is -0.610. The quantitative estimate of drug-likeness (QED) is 0.589. The third-order valence-electron chi connectivity index (χ3n) is 2.01. The predicted octanol–water partition coefficient (Wildman–Crippen LogP) is -0.0822. The van der Waals surface area contributed by atoms with E-state index in [1.165, 1.54) is 0 Å². The number of aliphatic carboxylic acids is 1. The zero-order valence-corrected chi connectivity index (χ0v) is 7.07. The van der Waals surface area contributed by atoms with Crippen molar-refractivity contribution in [2.24, 2.45) is 0 Å². The first kappa shape index (κ1) is 9.48. The molecule has 0 aromatic rings. The molecule has 0 atom stereocenters. The van der Waals surface area contributed by atoms with Gasteiger partial charge in [-0.15, -0.1) is 0 Å². The van der Waals surface area contributed by atoms with E-state index in [-0.39, 0.29) is 13.2 Å². The molecule has 0 aliphatic heterocycles. The van der Waals surface area contributed by atoms with Crippen LogP contribution in [0.15, 0.2) is 0 Å². The summed E-state index contributed by atoms with van der Waals surface area (Å²) < 4.78 is 0. The summed E-state index contributed by atoms with van der Waals surface area (Å²) in [6, 6.07) is 0.465. The van der Waals surface area contributed by atoms with E-state index in [1.54, 1.807) is 0 Å². The van der Waals surface area contributed by atoms with Gasteiger partial charge in [0.25, 0.3) is 0 Å². The van der Waals surface area contributed by atoms with Crippen LogP contribution >= 0.6 is 0 Å². The molecule has 0 aromatic carbocycles. The number of carboxylic acids is 1. The fourth-order valence-corrected chi connectivity index (χ4v) is 1.28. The molecule has 0 heterocycles. The molecular formula is C8H15NO3. The summed E-state index contributed by atoms with van der Waals surface area (Å²) in [5, 5.41) is 17.1. The molecule has 0 unspecified atom stereocenters. The fraction of sp³-hybridized carbons (Fsp3) is 0.875. The summed E-state index contributed by atoms with van der Waals surface area (Å²) in [4.78, 5) is 12.3. The van der Waals surface area contributed by atoms with Gasteiger partial charge < -0.3 is 10.2 Å². The van der Waals surface area contributed by atoms with E-state index < -0.39 is 5.97 Å². The van der Waals surface area contributed by atoms with Crippen molar-refractivity contribution in [3.05, 3.63) is 0 Å². The molecular weight excluding hydrogens is 158 g/mol. The van der Waals surface area contributed by atoms with Crippen LogP contribution in [0, 0.1) is 0 Å². The topological polar surface area (TPSA) is 60.8 Å². The average Bonchev–Trinajstić information content (AvgIpc) is 2.79. The lowest BCUT2D eigenvalue weighted by Crippen LogP contribution is -2.33. The number of aliphatic hydroxyl groups is 1. The van der Waals surface area contributed by atoms with E-state index in [1.807, 2.05) is 4.90 Å². The molecule has 0 aromatic heterocycles. The molecule has 2 N–H and O–H groups in total. The smallest absolute Gasteiger partial charge is 0.317 e. The summed E-state index contributed by atoms with van der Waals surface area (Å²) >= 11 is 0. The standard InChI is InChI=1S/C8H15NO3/c10-5-1-4-9(6-8(11)12)7-2-3-7/h7,10H,1-6H2,(H,11,12). The summed E-state index contributed by atoms with van der Waals surface area (Å²) in [6.07, 6.45) is 2.89. The van der Waals surface area contributed by atoms with Crippen molar-refractivity contribution >= 4 is 5.97 Å². The van der Waals surface area contributed by atoms with E-state index in [0.29, 0.717) is 19.0 Å². The molecule has 0 saturated heterocycles. The first-order valence-corrected chi connectivity index (χ1v) is 4.30. The summed E-state index contributed by atoms with van der Waals surface area (Å²) in [6.45, 7) is 0.959. The highest BCUT2D eigenvalue weighted by molar-refractivity contribution is 5.69. The van der Waals surface area contributed by atoms with Gasteiger partial charge in [0.2, 0.25) is 0 Å². The van der Waals surface area contributed by atoms with Gasteiger partial charge in [0.05, 0.1) is 6.54 Å². The lowest BCUT2D eigenvalue weighted by Gasteiger charge is -2.18. The van der Waals surface area contributed by atoms with Gasteiger partial charge >= 0.3 is 5.97 Å². The normalized spacial score (nSPS) is 16.8. The van der Waals surface area contributed by atoms with Crippen LogP contribution in [-0.2, 0) is 4.79 Å². The second-order valence-electron chi connectivity index (χ2n) is 3.17. The molecule has 0 radical (unpaired) electrons. The third kappa shape index (κ3) is 3.19. The summed E-state index contributed by atoms with van der Waals surface area (Å²) in [5.74, 6) is -0.778. The molecule has 4 nitrogen and oxygen atoms in total. The van der Waals surface area contributed by atoms with Crippen LogP contribution in [0.25, 0.3) is 0 Å². The first-order valence-electron chi connectivity index (χ1n) is 4.30. The van der Waals surface area contributed by atoms with E-state index >= 15 is 0 Å². The summed E-state index contributed by atoms with van der Waals surface area (Å²) in [7, 11) is 0. The second-order valence-corrected chi connectivity index (χ2v) is 3.17. The molecule has 1 fully saturated rings. The number of hydrogen-bond donors (Lipinski definition) is 2. The maximum absolute atomic E-state index is 10.4. The fourth-order valence-electron chi connectivity index (χ4n) is 1.28. The molecule has 0 spiro atoms. The van der Waals surface area contributed by atoms with Gasteiger partial charge in [0.1, 0.15) is 0 Å². The van der Waals surface area contributed by atoms with Gasteiger partial charge in [-0.25, -0.2) is 0 Å². The Labute approximate surface area is 71.8 Å². The minimum atomic E-state index is -0.778. The van der Waals surface area contributed by atoms with E-state index in [4.69, 9.17) is 10.2 Å². The Bertz CT molecular complexity index is 156. The number of aliphatic hydroxyl groups excluding tert-OH is 1. The van der Waals surface area contributed by atoms with Crippen LogP contribution in [-0.4, -0.2) is 46.8 Å². The van der Waals surface area contributed by atoms with Crippen LogP contribution < -0.4 is 0 Å². The molecule has 0 amide bonds. The van der Waals surface area contributed by atoms with Gasteiger partial charge in [-0.1, -0.05) is 0 Å². The van der Waals surface area contributed by atoms with Gasteiger partial charge in [-0.2, -0.15) is 0 Å². The highest BCUT2D eigenvalue weighted by atomic mass is 16.4. The lowest BCUT2D eigenvalue weighted by molar-refractivity contribution is -0.138. The monoisotopic (exact) mass is 173 g/mol. The first-order chi connectivity index (χ1) is 5.74. The predicted molar refractivity (Wildman–Crippen MR) is 43.9 cm³/mol. The average molecular weight is 173 g/mol. The molecule has 1 saturated carbocycles. The maximum atomic E-state index is 10.4. The molecule has 4 heteroatoms. The maximum Gasteiger partial charge on any atom is 0.317 e. The van der Waals surface area contributed by atoms with Crippen molar-refractivity contribution in [3.8, 4) is 0 Å². The van der Waals surface area contributed by atoms with Crippen molar-refractivity contribution in [1.82, 2.24) is 4.90 Å². The molecule has 1 aliphatic carbocycles. The van der Waals surface area contributed by atoms with Crippen molar-refractivity contribution in [3.63, 3.8) is 0 Å². The van der Waals surface area contributed by atoms with Crippen LogP contribution in [0.5, 0.6) is 0 Å². The van der Waals surface area contributed by atoms with Crippen LogP contribution in [0.1, 0.15) is 19.3 Å². The van der Waals surface area contributed by atoms with Gasteiger partial charge in [-0.3, -0.25) is 9.69 Å². The van der Waals surface area contributed by atoms with Crippen molar-refractivity contribution in [2.75, 3.05) is 19.7 Å². The number of hydrogen-bond acceptors (Lipinski definition) is 3. The van der Waals surface area contributed by atoms with Crippen molar-refractivity contribution in [1.29, 1.82) is 0 Å². The lowest BCUT2D eigenvalue weighted by atomic mass is 10.3. The molecule has 1 aliphatic rings. The van der Waals surface area contributed by atoms with Gasteiger partial charge in [0.15, 0.2) is 0 Å². The number of nitrogens with zero attached hydrogens (tertiary/aromatic N) is 1. The number of carbonyl (C=O) groups is 1. The van der Waals surface area contributed by atoms with Crippen LogP contribution in [0.2, 0.25) is 0 Å². The Kier molecular flexibility index (Phi) is 3.49. The van der Waals surface area contributed by atoms with E-state index in [2.05, 4.69) is 0 Å². The van der Waals surface area contributed by atoms with Crippen LogP contribution in [0.4, 0.5) is 0 Å². The number of rotatable bonds is 6. The summed E-state index contributed by atoms with van der Waals surface area (Å²) in [5.41, 5.74) is 0. The van der Waals surface area contributed by atoms with Crippen LogP contribution in [0.3, 0.4) is 0 Å². The second kappa shape index (κ2) is 4.42. The van der Waals surface area contributed by atoms with E-state index in [9.17, 15) is 4.79 Å². The van der Waals surface area contributed by atoms with Crippen molar-refractivity contribution in [2.45, 2.75) is 25.3 Å². The SMILES string of the molecule is O=C(O)CN(CCCO)C1CC1. The zero-order valence-electron chi connectivity index (χ0n) is 7.07. The Morgan fingerprint density at radius 2 is 2.17 bits per heavy atom. The van der Waals surface area contributed by atoms with Gasteiger partial charge in [-0.05, 0) is 19.3 Å². The Morgan fingerprint density at radius 3 is 2.58 bits per heavy atom. The minimum absolute atomic E-state index is 0.116. The third-order valence-corrected chi connectivity index (χ3v) is 2.01. The highest BCUT2D eigenvalue weighted by Crippen LogP contribution is 2.26. The molecule has 1 rings (SSSR count). The Balaban J connectivity index is 2.22.